The van der Waals surface area contributed by atoms with Crippen molar-refractivity contribution in [3.8, 4) is 23.6 Å². The third-order valence-electron chi connectivity index (χ3n) is 5.87. The smallest absolute Gasteiger partial charge is 0.352 e. The minimum absolute atomic E-state index is 0.0902. The number of amides is 1. The molecule has 3 N–H and O–H groups in total. The normalized spacial score (nSPS) is 11.4. The molecule has 208 valence electrons. The lowest BCUT2D eigenvalue weighted by Gasteiger charge is -2.13. The molecule has 0 aliphatic carbocycles. The third-order valence-corrected chi connectivity index (χ3v) is 5.87. The van der Waals surface area contributed by atoms with Gasteiger partial charge in [0.15, 0.2) is 17.2 Å². The molecular formula is C27H26F4N8O. The highest BCUT2D eigenvalue weighted by Crippen LogP contribution is 2.37. The fourth-order valence-electron chi connectivity index (χ4n) is 4.16. The van der Waals surface area contributed by atoms with Crippen LogP contribution in [0.2, 0.25) is 0 Å². The first-order chi connectivity index (χ1) is 19.1. The predicted octanol–water partition coefficient (Wildman–Crippen LogP) is 4.33. The number of imidazole rings is 1. The third kappa shape index (κ3) is 6.13. The minimum atomic E-state index is -4.69. The van der Waals surface area contributed by atoms with Crippen LogP contribution >= 0.6 is 0 Å². The summed E-state index contributed by atoms with van der Waals surface area (Å²) in [5.41, 5.74) is -0.295. The summed E-state index contributed by atoms with van der Waals surface area (Å²) in [5.74, 6) is 1.34. The van der Waals surface area contributed by atoms with Gasteiger partial charge < -0.3 is 16.0 Å². The van der Waals surface area contributed by atoms with E-state index < -0.39 is 23.6 Å². The molecule has 4 aromatic rings. The van der Waals surface area contributed by atoms with Crippen LogP contribution in [0.15, 0.2) is 49.6 Å². The molecule has 0 aliphatic heterocycles. The summed E-state index contributed by atoms with van der Waals surface area (Å²) in [6, 6.07) is 2.72. The molecule has 1 aromatic carbocycles. The van der Waals surface area contributed by atoms with Gasteiger partial charge in [0.25, 0.3) is 5.91 Å². The monoisotopic (exact) mass is 554 g/mol. The molecule has 0 radical (unpaired) electrons. The number of hydrogen-bond acceptors (Lipinski definition) is 6. The van der Waals surface area contributed by atoms with Gasteiger partial charge >= 0.3 is 6.18 Å². The van der Waals surface area contributed by atoms with Gasteiger partial charge in [0, 0.05) is 30.8 Å². The lowest BCUT2D eigenvalue weighted by atomic mass is 10.1. The van der Waals surface area contributed by atoms with E-state index in [-0.39, 0.29) is 40.5 Å². The van der Waals surface area contributed by atoms with Crippen molar-refractivity contribution in [2.75, 3.05) is 25.0 Å². The van der Waals surface area contributed by atoms with E-state index in [2.05, 4.69) is 43.5 Å². The Balaban J connectivity index is 1.58. The lowest BCUT2D eigenvalue weighted by molar-refractivity contribution is -0.141. The van der Waals surface area contributed by atoms with Gasteiger partial charge in [-0.25, -0.2) is 14.4 Å². The molecule has 3 heterocycles. The van der Waals surface area contributed by atoms with E-state index in [0.29, 0.717) is 31.6 Å². The average molecular weight is 555 g/mol. The quantitative estimate of drug-likeness (QED) is 0.110. The van der Waals surface area contributed by atoms with Gasteiger partial charge in [-0.05, 0) is 37.6 Å². The summed E-state index contributed by atoms with van der Waals surface area (Å²) in [4.78, 5) is 21.0. The number of allylic oxidation sites excluding steroid dienone is 1. The highest BCUT2D eigenvalue weighted by molar-refractivity contribution is 5.96. The number of halogens is 4. The van der Waals surface area contributed by atoms with Gasteiger partial charge in [-0.15, -0.1) is 13.0 Å². The Kier molecular flexibility index (Phi) is 8.49. The van der Waals surface area contributed by atoms with Gasteiger partial charge in [0.2, 0.25) is 0 Å². The number of fused-ring (bicyclic) bond motifs is 1. The summed E-state index contributed by atoms with van der Waals surface area (Å²) in [5, 5.41) is 12.3. The molecule has 3 aromatic heterocycles. The number of hydrogen-bond donors (Lipinski definition) is 3. The van der Waals surface area contributed by atoms with E-state index in [1.54, 1.807) is 13.0 Å². The van der Waals surface area contributed by atoms with E-state index in [9.17, 15) is 18.0 Å². The highest BCUT2D eigenvalue weighted by atomic mass is 19.4. The van der Waals surface area contributed by atoms with Crippen LogP contribution in [-0.4, -0.2) is 49.7 Å². The van der Waals surface area contributed by atoms with Crippen LogP contribution in [0.5, 0.6) is 0 Å². The number of terminal acetylenes is 1. The average Bonchev–Trinajstić information content (AvgIpc) is 3.51. The molecule has 0 unspecified atom stereocenters. The van der Waals surface area contributed by atoms with E-state index in [4.69, 9.17) is 6.42 Å². The van der Waals surface area contributed by atoms with Crippen LogP contribution in [0, 0.1) is 25.1 Å². The summed E-state index contributed by atoms with van der Waals surface area (Å²) in [6.07, 6.45) is 7.94. The number of aryl methyl sites for hydroxylation is 1. The van der Waals surface area contributed by atoms with Gasteiger partial charge in [0.1, 0.15) is 5.82 Å². The van der Waals surface area contributed by atoms with Crippen LogP contribution in [0.1, 0.15) is 28.0 Å². The van der Waals surface area contributed by atoms with Crippen LogP contribution in [-0.2, 0) is 12.7 Å². The predicted molar refractivity (Wildman–Crippen MR) is 142 cm³/mol. The molecule has 40 heavy (non-hydrogen) atoms. The first-order valence-electron chi connectivity index (χ1n) is 12.2. The topological polar surface area (TPSA) is 101 Å². The molecule has 0 spiro atoms. The van der Waals surface area contributed by atoms with Crippen molar-refractivity contribution in [1.82, 2.24) is 34.8 Å². The number of alkyl halides is 3. The second-order valence-electron chi connectivity index (χ2n) is 8.78. The lowest BCUT2D eigenvalue weighted by Crippen LogP contribution is -2.28. The fourth-order valence-corrected chi connectivity index (χ4v) is 4.16. The van der Waals surface area contributed by atoms with Crippen molar-refractivity contribution in [3.63, 3.8) is 0 Å². The highest BCUT2D eigenvalue weighted by Gasteiger charge is 2.38. The molecule has 0 saturated heterocycles. The molecule has 0 aliphatic rings. The Morgan fingerprint density at radius 1 is 1.25 bits per heavy atom. The van der Waals surface area contributed by atoms with Crippen LogP contribution in [0.4, 0.5) is 29.1 Å². The zero-order chi connectivity index (χ0) is 28.9. The molecule has 1 amide bonds. The number of rotatable bonds is 11. The van der Waals surface area contributed by atoms with E-state index >= 15 is 4.39 Å². The number of anilines is 2. The van der Waals surface area contributed by atoms with Gasteiger partial charge in [-0.1, -0.05) is 12.0 Å². The second kappa shape index (κ2) is 12.0. The van der Waals surface area contributed by atoms with Gasteiger partial charge in [-0.2, -0.15) is 18.3 Å². The standard InChI is InChI=1S/C27H26F4N8O/c1-4-7-32-8-6-9-34-26(40)22-17(3)13-18(14-20(22)28)36-24-25-35-15-21(39(25)12-10-33-24)19-16-38(11-5-2)37-23(19)27(29,30)31/h1,5,10,12-16,32H,2,6-9,11H2,3H3,(H,33,36)(H,34,40). The van der Waals surface area contributed by atoms with Crippen LogP contribution < -0.4 is 16.0 Å². The maximum Gasteiger partial charge on any atom is 0.435 e. The Morgan fingerprint density at radius 3 is 2.75 bits per heavy atom. The molecule has 0 fully saturated rings. The number of carbonyl (C=O) groups excluding carboxylic acids is 1. The summed E-state index contributed by atoms with van der Waals surface area (Å²) in [7, 11) is 0. The number of nitrogens with one attached hydrogen (secondary N) is 3. The van der Waals surface area contributed by atoms with Crippen molar-refractivity contribution in [3.05, 3.63) is 72.2 Å². The van der Waals surface area contributed by atoms with Gasteiger partial charge in [-0.3, -0.25) is 13.9 Å². The maximum atomic E-state index is 15.0. The van der Waals surface area contributed by atoms with Crippen LogP contribution in [0.3, 0.4) is 0 Å². The van der Waals surface area contributed by atoms with Crippen molar-refractivity contribution < 1.29 is 22.4 Å². The molecular weight excluding hydrogens is 528 g/mol. The van der Waals surface area contributed by atoms with Crippen molar-refractivity contribution in [1.29, 1.82) is 0 Å². The largest absolute Gasteiger partial charge is 0.435 e. The molecule has 0 saturated carbocycles. The maximum absolute atomic E-state index is 15.0. The van der Waals surface area contributed by atoms with E-state index in [0.717, 1.165) is 10.7 Å². The number of carbonyl (C=O) groups is 1. The van der Waals surface area contributed by atoms with Crippen molar-refractivity contribution in [2.45, 2.75) is 26.1 Å². The first kappa shape index (κ1) is 28.3. The van der Waals surface area contributed by atoms with E-state index in [1.165, 1.54) is 35.3 Å². The molecule has 4 rings (SSSR count). The van der Waals surface area contributed by atoms with E-state index in [1.807, 2.05) is 0 Å². The number of nitrogens with zero attached hydrogens (tertiary/aromatic N) is 5. The fraction of sp³-hybridized carbons (Fsp3) is 0.259. The second-order valence-corrected chi connectivity index (χ2v) is 8.78. The molecule has 0 atom stereocenters. The molecule has 13 heteroatoms. The Morgan fingerprint density at radius 2 is 2.05 bits per heavy atom. The zero-order valence-corrected chi connectivity index (χ0v) is 21.5. The molecule has 9 nitrogen and oxygen atoms in total. The number of benzene rings is 1. The van der Waals surface area contributed by atoms with Gasteiger partial charge in [0.05, 0.1) is 36.1 Å². The summed E-state index contributed by atoms with van der Waals surface area (Å²) in [6.45, 7) is 6.60. The zero-order valence-electron chi connectivity index (χ0n) is 21.5. The first-order valence-corrected chi connectivity index (χ1v) is 12.2. The van der Waals surface area contributed by atoms with Crippen molar-refractivity contribution in [2.24, 2.45) is 0 Å². The van der Waals surface area contributed by atoms with Crippen LogP contribution in [0.25, 0.3) is 16.9 Å². The van der Waals surface area contributed by atoms with Crippen molar-refractivity contribution >= 4 is 23.1 Å². The molecule has 0 bridgehead atoms. The summed E-state index contributed by atoms with van der Waals surface area (Å²) >= 11 is 0. The Hall–Kier alpha value is -4.70. The summed E-state index contributed by atoms with van der Waals surface area (Å²) < 4.78 is 58.8. The number of aromatic nitrogens is 5. The Bertz CT molecular complexity index is 1560. The minimum Gasteiger partial charge on any atom is -0.352 e. The Labute approximate surface area is 227 Å². The SMILES string of the molecule is C#CCNCCCNC(=O)c1c(C)cc(Nc2nccn3c(-c4cn(CC=C)nc4C(F)(F)F)cnc23)cc1F.